The summed E-state index contributed by atoms with van der Waals surface area (Å²) in [6, 6.07) is 6.31. The zero-order valence-corrected chi connectivity index (χ0v) is 21.8. The highest BCUT2D eigenvalue weighted by molar-refractivity contribution is 7.15. The Morgan fingerprint density at radius 1 is 1.27 bits per heavy atom. The molecule has 4 rings (SSSR count). The maximum Gasteiger partial charge on any atom is 0.433 e. The number of alkyl halides is 3. The minimum absolute atomic E-state index is 0.0904. The molecule has 1 aliphatic carbocycles. The van der Waals surface area contributed by atoms with Gasteiger partial charge in [0.05, 0.1) is 17.4 Å². The molecule has 37 heavy (non-hydrogen) atoms. The van der Waals surface area contributed by atoms with Crippen LogP contribution in [0, 0.1) is 24.7 Å². The normalized spacial score (nSPS) is 24.1. The third-order valence-corrected chi connectivity index (χ3v) is 8.26. The second-order valence-electron chi connectivity index (χ2n) is 9.47. The number of halogens is 3. The fourth-order valence-corrected chi connectivity index (χ4v) is 5.96. The molecule has 0 amide bonds. The number of rotatable bonds is 6. The van der Waals surface area contributed by atoms with Gasteiger partial charge in [0.15, 0.2) is 0 Å². The number of nitrogens with one attached hydrogen (secondary N) is 1. The number of aromatic nitrogens is 3. The third kappa shape index (κ3) is 5.62. The Bertz CT molecular complexity index is 1280. The van der Waals surface area contributed by atoms with E-state index >= 15 is 0 Å². The molecule has 1 fully saturated rings. The molecule has 0 radical (unpaired) electrons. The number of nitrogens with zero attached hydrogens (tertiary/aromatic N) is 3. The maximum atomic E-state index is 13.0. The van der Waals surface area contributed by atoms with Crippen molar-refractivity contribution in [1.82, 2.24) is 15.0 Å². The van der Waals surface area contributed by atoms with E-state index in [0.717, 1.165) is 28.3 Å². The molecule has 198 valence electrons. The van der Waals surface area contributed by atoms with Crippen LogP contribution in [0.5, 0.6) is 0 Å². The molecule has 0 aliphatic heterocycles. The van der Waals surface area contributed by atoms with Crippen LogP contribution in [0.4, 0.5) is 24.8 Å². The van der Waals surface area contributed by atoms with Crippen LogP contribution in [-0.4, -0.2) is 32.6 Å². The van der Waals surface area contributed by atoms with Gasteiger partial charge in [-0.25, -0.2) is 15.0 Å². The molecule has 1 aromatic carbocycles. The first-order valence-electron chi connectivity index (χ1n) is 12.1. The van der Waals surface area contributed by atoms with Gasteiger partial charge in [0.1, 0.15) is 16.3 Å². The second kappa shape index (κ2) is 10.4. The Morgan fingerprint density at radius 3 is 2.73 bits per heavy atom. The molecule has 1 saturated carbocycles. The van der Waals surface area contributed by atoms with Gasteiger partial charge in [0, 0.05) is 18.1 Å². The lowest BCUT2D eigenvalue weighted by Crippen LogP contribution is -2.46. The molecule has 0 bridgehead atoms. The molecule has 11 heteroatoms. The van der Waals surface area contributed by atoms with Crippen LogP contribution in [0.15, 0.2) is 36.7 Å². The fraction of sp³-hybridized carbons (Fsp3) is 0.462. The average Bonchev–Trinajstić information content (AvgIpc) is 3.33. The van der Waals surface area contributed by atoms with Gasteiger partial charge in [-0.15, -0.1) is 11.3 Å². The van der Waals surface area contributed by atoms with Crippen LogP contribution in [0.1, 0.15) is 49.9 Å². The summed E-state index contributed by atoms with van der Waals surface area (Å²) in [5.74, 6) is -0.965. The van der Waals surface area contributed by atoms with Crippen molar-refractivity contribution in [2.24, 2.45) is 17.8 Å². The summed E-state index contributed by atoms with van der Waals surface area (Å²) >= 11 is 1.36. The number of aryl methyl sites for hydroxylation is 1. The van der Waals surface area contributed by atoms with Crippen LogP contribution >= 0.6 is 11.3 Å². The van der Waals surface area contributed by atoms with Gasteiger partial charge in [-0.3, -0.25) is 4.79 Å². The van der Waals surface area contributed by atoms with E-state index in [-0.39, 0.29) is 29.7 Å². The summed E-state index contributed by atoms with van der Waals surface area (Å²) in [5.41, 5.74) is -0.0123. The number of carbonyl (C=O) groups is 1. The lowest BCUT2D eigenvalue weighted by atomic mass is 9.65. The monoisotopic (exact) mass is 534 g/mol. The van der Waals surface area contributed by atoms with Crippen molar-refractivity contribution in [1.29, 1.82) is 0 Å². The zero-order valence-electron chi connectivity index (χ0n) is 21.0. The molecular weight excluding hydrogens is 505 g/mol. The lowest BCUT2D eigenvalue weighted by Gasteiger charge is -2.43. The number of thiazole rings is 1. The highest BCUT2D eigenvalue weighted by Crippen LogP contribution is 2.49. The van der Waals surface area contributed by atoms with Gasteiger partial charge >= 0.3 is 12.1 Å². The van der Waals surface area contributed by atoms with E-state index in [0.29, 0.717) is 30.1 Å². The number of aliphatic hydroxyl groups is 1. The van der Waals surface area contributed by atoms with Crippen molar-refractivity contribution in [3.63, 3.8) is 0 Å². The summed E-state index contributed by atoms with van der Waals surface area (Å²) in [6.45, 7) is 7.86. The van der Waals surface area contributed by atoms with E-state index in [1.165, 1.54) is 11.3 Å². The van der Waals surface area contributed by atoms with E-state index < -0.39 is 17.5 Å². The highest BCUT2D eigenvalue weighted by Gasteiger charge is 2.49. The van der Waals surface area contributed by atoms with Gasteiger partial charge in [-0.05, 0) is 67.9 Å². The Hall–Kier alpha value is -3.05. The van der Waals surface area contributed by atoms with Crippen molar-refractivity contribution in [2.75, 3.05) is 11.9 Å². The molecule has 2 aromatic heterocycles. The van der Waals surface area contributed by atoms with Crippen LogP contribution in [0.25, 0.3) is 10.4 Å². The van der Waals surface area contributed by atoms with Gasteiger partial charge in [0.25, 0.3) is 0 Å². The van der Waals surface area contributed by atoms with Gasteiger partial charge < -0.3 is 15.2 Å². The highest BCUT2D eigenvalue weighted by atomic mass is 32.1. The SMILES string of the molecule is CCOC(=O)C1CCC(O)(c2ncc(-c3cc(C)cc(Nc4nccc(C(F)(F)F)n4)c3)s2)C(C)C1C. The second-order valence-corrected chi connectivity index (χ2v) is 10.5. The van der Waals surface area contributed by atoms with Crippen LogP contribution in [0.3, 0.4) is 0 Å². The van der Waals surface area contributed by atoms with Crippen molar-refractivity contribution >= 4 is 28.9 Å². The summed E-state index contributed by atoms with van der Waals surface area (Å²) < 4.78 is 44.3. The summed E-state index contributed by atoms with van der Waals surface area (Å²) in [6.07, 6.45) is -0.926. The number of hydrogen-bond acceptors (Lipinski definition) is 8. The number of hydrogen-bond donors (Lipinski definition) is 2. The molecule has 3 aromatic rings. The lowest BCUT2D eigenvalue weighted by molar-refractivity contribution is -0.159. The molecule has 2 N–H and O–H groups in total. The van der Waals surface area contributed by atoms with Gasteiger partial charge in [-0.2, -0.15) is 13.2 Å². The number of carbonyl (C=O) groups excluding carboxylic acids is 1. The number of anilines is 2. The van der Waals surface area contributed by atoms with Gasteiger partial charge in [0.2, 0.25) is 5.95 Å². The first-order chi connectivity index (χ1) is 17.4. The molecule has 0 spiro atoms. The number of benzene rings is 1. The first kappa shape index (κ1) is 27.0. The standard InChI is InChI=1S/C26H29F3N4O3S/c1-5-36-22(34)19-6-8-25(35,16(4)15(19)3)23-31-13-20(37-23)17-10-14(2)11-18(12-17)32-24-30-9-7-21(33-24)26(27,28)29/h7,9-13,15-16,19,35H,5-6,8H2,1-4H3,(H,30,32,33). The fourth-order valence-electron chi connectivity index (χ4n) is 4.84. The molecule has 7 nitrogen and oxygen atoms in total. The van der Waals surface area contributed by atoms with E-state index in [2.05, 4.69) is 20.3 Å². The molecule has 1 aliphatic rings. The predicted octanol–water partition coefficient (Wildman–Crippen LogP) is 6.10. The average molecular weight is 535 g/mol. The Morgan fingerprint density at radius 2 is 2.03 bits per heavy atom. The Balaban J connectivity index is 1.57. The zero-order chi connectivity index (χ0) is 27.0. The summed E-state index contributed by atoms with van der Waals surface area (Å²) in [7, 11) is 0. The number of ether oxygens (including phenoxy) is 1. The Kier molecular flexibility index (Phi) is 7.57. The quantitative estimate of drug-likeness (QED) is 0.369. The van der Waals surface area contributed by atoms with Gasteiger partial charge in [-0.1, -0.05) is 19.9 Å². The number of esters is 1. The largest absolute Gasteiger partial charge is 0.466 e. The summed E-state index contributed by atoms with van der Waals surface area (Å²) in [5, 5.41) is 15.1. The van der Waals surface area contributed by atoms with Crippen LogP contribution in [0.2, 0.25) is 0 Å². The topological polar surface area (TPSA) is 97.2 Å². The van der Waals surface area contributed by atoms with E-state index in [1.54, 1.807) is 25.3 Å². The van der Waals surface area contributed by atoms with Crippen LogP contribution < -0.4 is 5.32 Å². The van der Waals surface area contributed by atoms with E-state index in [9.17, 15) is 23.1 Å². The molecule has 2 heterocycles. The smallest absolute Gasteiger partial charge is 0.433 e. The third-order valence-electron chi connectivity index (χ3n) is 7.04. The van der Waals surface area contributed by atoms with E-state index in [1.807, 2.05) is 26.8 Å². The predicted molar refractivity (Wildman–Crippen MR) is 134 cm³/mol. The van der Waals surface area contributed by atoms with Crippen molar-refractivity contribution in [2.45, 2.75) is 52.3 Å². The van der Waals surface area contributed by atoms with E-state index in [4.69, 9.17) is 4.74 Å². The maximum absolute atomic E-state index is 13.0. The molecule has 4 unspecified atom stereocenters. The molecule has 4 atom stereocenters. The van der Waals surface area contributed by atoms with Crippen LogP contribution in [-0.2, 0) is 21.3 Å². The minimum atomic E-state index is -4.57. The summed E-state index contributed by atoms with van der Waals surface area (Å²) in [4.78, 5) is 25.2. The minimum Gasteiger partial charge on any atom is -0.466 e. The van der Waals surface area contributed by atoms with Crippen molar-refractivity contribution in [3.05, 3.63) is 52.9 Å². The molecule has 0 saturated heterocycles. The van der Waals surface area contributed by atoms with Crippen molar-refractivity contribution in [3.8, 4) is 10.4 Å². The molecular formula is C26H29F3N4O3S. The first-order valence-corrected chi connectivity index (χ1v) is 12.9. The Labute approximate surface area is 217 Å². The van der Waals surface area contributed by atoms with Crippen molar-refractivity contribution < 1.29 is 27.8 Å².